The van der Waals surface area contributed by atoms with Crippen LogP contribution in [0.25, 0.3) is 0 Å². The Hall–Kier alpha value is -0.610. The molecule has 0 bridgehead atoms. The maximum Gasteiger partial charge on any atom is 0.128 e. The van der Waals surface area contributed by atoms with E-state index in [-0.39, 0.29) is 0 Å². The van der Waals surface area contributed by atoms with Crippen molar-refractivity contribution in [2.24, 2.45) is 0 Å². The van der Waals surface area contributed by atoms with Gasteiger partial charge in [-0.2, -0.15) is 0 Å². The number of aromatic nitrogens is 1. The third-order valence-corrected chi connectivity index (χ3v) is 4.41. The largest absolute Gasteiger partial charge is 0.358 e. The number of likely N-dealkylation sites (N-methyl/N-ethyl adjacent to an activating group) is 2. The molecule has 0 saturated carbocycles. The van der Waals surface area contributed by atoms with Gasteiger partial charge in [0, 0.05) is 30.3 Å². The Labute approximate surface area is 112 Å². The van der Waals surface area contributed by atoms with Crippen molar-refractivity contribution in [2.45, 2.75) is 25.8 Å². The molecule has 94 valence electrons. The lowest BCUT2D eigenvalue weighted by Crippen LogP contribution is -2.36. The van der Waals surface area contributed by atoms with E-state index < -0.39 is 0 Å². The fourth-order valence-corrected chi connectivity index (χ4v) is 2.57. The summed E-state index contributed by atoms with van der Waals surface area (Å²) >= 11 is 3.49. The normalized spacial score (nSPS) is 20.8. The molecule has 2 rings (SSSR count). The van der Waals surface area contributed by atoms with Gasteiger partial charge in [-0.1, -0.05) is 0 Å². The van der Waals surface area contributed by atoms with Gasteiger partial charge in [0.25, 0.3) is 0 Å². The number of rotatable bonds is 3. The van der Waals surface area contributed by atoms with Gasteiger partial charge in [-0.3, -0.25) is 0 Å². The van der Waals surface area contributed by atoms with Gasteiger partial charge in [-0.05, 0) is 60.9 Å². The van der Waals surface area contributed by atoms with Crippen LogP contribution in [0, 0.1) is 6.92 Å². The van der Waals surface area contributed by atoms with Gasteiger partial charge in [-0.25, -0.2) is 4.98 Å². The molecular formula is C13H20BrN3. The number of halogens is 1. The molecule has 0 aliphatic carbocycles. The Balaban J connectivity index is 2.03. The van der Waals surface area contributed by atoms with Crippen molar-refractivity contribution in [2.75, 3.05) is 32.1 Å². The molecule has 1 unspecified atom stereocenters. The molecule has 1 fully saturated rings. The Morgan fingerprint density at radius 2 is 2.35 bits per heavy atom. The lowest BCUT2D eigenvalue weighted by molar-refractivity contribution is 0.314. The molecule has 2 heterocycles. The van der Waals surface area contributed by atoms with E-state index >= 15 is 0 Å². The third kappa shape index (κ3) is 2.99. The lowest BCUT2D eigenvalue weighted by Gasteiger charge is -2.26. The van der Waals surface area contributed by atoms with Crippen LogP contribution in [-0.4, -0.2) is 43.1 Å². The van der Waals surface area contributed by atoms with E-state index in [0.717, 1.165) is 16.8 Å². The fourth-order valence-electron chi connectivity index (χ4n) is 2.35. The summed E-state index contributed by atoms with van der Waals surface area (Å²) in [7, 11) is 4.34. The zero-order valence-corrected chi connectivity index (χ0v) is 12.4. The number of aryl methyl sites for hydroxylation is 1. The van der Waals surface area contributed by atoms with Crippen molar-refractivity contribution in [3.05, 3.63) is 22.3 Å². The molecule has 0 radical (unpaired) electrons. The summed E-state index contributed by atoms with van der Waals surface area (Å²) in [6, 6.07) is 2.81. The number of hydrogen-bond donors (Lipinski definition) is 0. The van der Waals surface area contributed by atoms with Crippen LogP contribution >= 0.6 is 15.9 Å². The van der Waals surface area contributed by atoms with E-state index in [4.69, 9.17) is 0 Å². The van der Waals surface area contributed by atoms with Gasteiger partial charge in [-0.15, -0.1) is 0 Å². The van der Waals surface area contributed by atoms with Gasteiger partial charge < -0.3 is 9.80 Å². The second-order valence-electron chi connectivity index (χ2n) is 4.95. The molecule has 3 nitrogen and oxygen atoms in total. The van der Waals surface area contributed by atoms with E-state index in [0.29, 0.717) is 6.04 Å². The number of pyridine rings is 1. The summed E-state index contributed by atoms with van der Waals surface area (Å²) in [6.07, 6.45) is 4.51. The number of hydrogen-bond acceptors (Lipinski definition) is 3. The molecule has 1 aromatic heterocycles. The number of nitrogens with zero attached hydrogens (tertiary/aromatic N) is 3. The molecule has 1 atom stereocenters. The topological polar surface area (TPSA) is 19.4 Å². The Morgan fingerprint density at radius 1 is 1.59 bits per heavy atom. The molecule has 1 aliphatic heterocycles. The van der Waals surface area contributed by atoms with Crippen molar-refractivity contribution < 1.29 is 0 Å². The second-order valence-corrected chi connectivity index (χ2v) is 5.80. The predicted molar refractivity (Wildman–Crippen MR) is 75.6 cm³/mol. The maximum atomic E-state index is 4.47. The highest BCUT2D eigenvalue weighted by Gasteiger charge is 2.22. The second kappa shape index (κ2) is 5.36. The number of likely N-dealkylation sites (tertiary alicyclic amines) is 1. The van der Waals surface area contributed by atoms with Gasteiger partial charge in [0.15, 0.2) is 0 Å². The molecule has 0 aromatic carbocycles. The summed E-state index contributed by atoms with van der Waals surface area (Å²) in [4.78, 5) is 9.17. The summed E-state index contributed by atoms with van der Waals surface area (Å²) in [5, 5.41) is 0. The zero-order valence-electron chi connectivity index (χ0n) is 10.8. The molecule has 17 heavy (non-hydrogen) atoms. The zero-order chi connectivity index (χ0) is 12.4. The van der Waals surface area contributed by atoms with Crippen LogP contribution in [0.2, 0.25) is 0 Å². The molecule has 0 spiro atoms. The quantitative estimate of drug-likeness (QED) is 0.855. The van der Waals surface area contributed by atoms with E-state index in [1.54, 1.807) is 0 Å². The summed E-state index contributed by atoms with van der Waals surface area (Å²) in [5.74, 6) is 1.06. The van der Waals surface area contributed by atoms with E-state index in [1.807, 2.05) is 6.20 Å². The Morgan fingerprint density at radius 3 is 2.94 bits per heavy atom. The monoisotopic (exact) mass is 297 g/mol. The molecule has 1 saturated heterocycles. The van der Waals surface area contributed by atoms with Gasteiger partial charge in [0.05, 0.1) is 0 Å². The van der Waals surface area contributed by atoms with Crippen LogP contribution in [0.15, 0.2) is 16.7 Å². The molecular weight excluding hydrogens is 278 g/mol. The van der Waals surface area contributed by atoms with E-state index in [2.05, 4.69) is 57.8 Å². The van der Waals surface area contributed by atoms with Crippen molar-refractivity contribution in [1.29, 1.82) is 0 Å². The summed E-state index contributed by atoms with van der Waals surface area (Å²) in [5.41, 5.74) is 1.24. The third-order valence-electron chi connectivity index (χ3n) is 3.58. The van der Waals surface area contributed by atoms with Crippen molar-refractivity contribution in [3.63, 3.8) is 0 Å². The first kappa shape index (κ1) is 12.8. The summed E-state index contributed by atoms with van der Waals surface area (Å²) in [6.45, 7) is 4.39. The highest BCUT2D eigenvalue weighted by Crippen LogP contribution is 2.21. The molecule has 1 aliphatic rings. The molecule has 4 heteroatoms. The standard InChI is InChI=1S/C13H20BrN3/c1-10-7-13(15-8-12(10)14)17(3)9-11-5-4-6-16(11)2/h7-8,11H,4-6,9H2,1-3H3. The minimum absolute atomic E-state index is 0.672. The lowest BCUT2D eigenvalue weighted by atomic mass is 10.2. The van der Waals surface area contributed by atoms with Crippen LogP contribution < -0.4 is 4.90 Å². The average molecular weight is 298 g/mol. The van der Waals surface area contributed by atoms with Crippen molar-refractivity contribution >= 4 is 21.7 Å². The SMILES string of the molecule is Cc1cc(N(C)CC2CCCN2C)ncc1Br. The Bertz CT molecular complexity index is 394. The smallest absolute Gasteiger partial charge is 0.128 e. The number of anilines is 1. The van der Waals surface area contributed by atoms with Crippen LogP contribution in [0.3, 0.4) is 0 Å². The Kier molecular flexibility index (Phi) is 4.05. The van der Waals surface area contributed by atoms with E-state index in [9.17, 15) is 0 Å². The minimum atomic E-state index is 0.672. The van der Waals surface area contributed by atoms with Crippen LogP contribution in [-0.2, 0) is 0 Å². The highest BCUT2D eigenvalue weighted by molar-refractivity contribution is 9.10. The van der Waals surface area contributed by atoms with Gasteiger partial charge >= 0.3 is 0 Å². The first-order valence-corrected chi connectivity index (χ1v) is 6.90. The summed E-state index contributed by atoms with van der Waals surface area (Å²) < 4.78 is 1.08. The minimum Gasteiger partial charge on any atom is -0.358 e. The fraction of sp³-hybridized carbons (Fsp3) is 0.615. The first-order valence-electron chi connectivity index (χ1n) is 6.11. The molecule has 0 amide bonds. The predicted octanol–water partition coefficient (Wildman–Crippen LogP) is 2.68. The average Bonchev–Trinajstić information content (AvgIpc) is 2.68. The van der Waals surface area contributed by atoms with Crippen LogP contribution in [0.4, 0.5) is 5.82 Å². The highest BCUT2D eigenvalue weighted by atomic mass is 79.9. The van der Waals surface area contributed by atoms with Crippen molar-refractivity contribution in [1.82, 2.24) is 9.88 Å². The van der Waals surface area contributed by atoms with Crippen LogP contribution in [0.5, 0.6) is 0 Å². The van der Waals surface area contributed by atoms with Gasteiger partial charge in [0.1, 0.15) is 5.82 Å². The van der Waals surface area contributed by atoms with Crippen molar-refractivity contribution in [3.8, 4) is 0 Å². The first-order chi connectivity index (χ1) is 8.08. The van der Waals surface area contributed by atoms with Gasteiger partial charge in [0.2, 0.25) is 0 Å². The van der Waals surface area contributed by atoms with E-state index in [1.165, 1.54) is 24.9 Å². The van der Waals surface area contributed by atoms with Crippen LogP contribution in [0.1, 0.15) is 18.4 Å². The maximum absolute atomic E-state index is 4.47. The molecule has 1 aromatic rings. The molecule has 0 N–H and O–H groups in total.